The maximum Gasteiger partial charge on any atom is 0.183 e. The first-order valence-electron chi connectivity index (χ1n) is 6.81. The van der Waals surface area contributed by atoms with Crippen molar-refractivity contribution in [3.05, 3.63) is 29.3 Å². The lowest BCUT2D eigenvalue weighted by Crippen LogP contribution is -2.38. The lowest BCUT2D eigenvalue weighted by molar-refractivity contribution is 0.0919. The van der Waals surface area contributed by atoms with E-state index in [2.05, 4.69) is 19.2 Å². The van der Waals surface area contributed by atoms with E-state index >= 15 is 0 Å². The minimum Gasteiger partial charge on any atom is -0.496 e. The summed E-state index contributed by atoms with van der Waals surface area (Å²) in [4.78, 5) is 12.5. The van der Waals surface area contributed by atoms with E-state index in [4.69, 9.17) is 4.74 Å². The molecule has 3 nitrogen and oxygen atoms in total. The maximum absolute atomic E-state index is 12.5. The SMILES string of the molecule is CNC(C(=O)c1ccc(C(C)C)cc1OC)C(C)C. The number of carbonyl (C=O) groups excluding carboxylic acids is 1. The Labute approximate surface area is 116 Å². The van der Waals surface area contributed by atoms with Crippen LogP contribution in [0.15, 0.2) is 18.2 Å². The van der Waals surface area contributed by atoms with Gasteiger partial charge in [0.05, 0.1) is 18.7 Å². The number of methoxy groups -OCH3 is 1. The summed E-state index contributed by atoms with van der Waals surface area (Å²) in [5, 5.41) is 3.08. The Hall–Kier alpha value is -1.35. The van der Waals surface area contributed by atoms with Crippen LogP contribution in [0, 0.1) is 5.92 Å². The molecule has 1 aromatic rings. The van der Waals surface area contributed by atoms with Gasteiger partial charge in [-0.15, -0.1) is 0 Å². The molecule has 0 aliphatic heterocycles. The van der Waals surface area contributed by atoms with E-state index in [-0.39, 0.29) is 17.7 Å². The fourth-order valence-electron chi connectivity index (χ4n) is 2.21. The number of benzene rings is 1. The first-order valence-corrected chi connectivity index (χ1v) is 6.81. The molecule has 1 N–H and O–H groups in total. The fraction of sp³-hybridized carbons (Fsp3) is 0.562. The normalized spacial score (nSPS) is 12.8. The molecule has 1 atom stereocenters. The van der Waals surface area contributed by atoms with Gasteiger partial charge in [-0.2, -0.15) is 0 Å². The second-order valence-corrected chi connectivity index (χ2v) is 5.49. The van der Waals surface area contributed by atoms with Gasteiger partial charge >= 0.3 is 0 Å². The summed E-state index contributed by atoms with van der Waals surface area (Å²) < 4.78 is 5.38. The highest BCUT2D eigenvalue weighted by molar-refractivity contribution is 6.02. The molecule has 0 aromatic heterocycles. The zero-order valence-corrected chi connectivity index (χ0v) is 12.8. The number of ketones is 1. The predicted molar refractivity (Wildman–Crippen MR) is 79.1 cm³/mol. The lowest BCUT2D eigenvalue weighted by atomic mass is 9.92. The molecular formula is C16H25NO2. The molecule has 0 amide bonds. The Morgan fingerprint density at radius 1 is 1.21 bits per heavy atom. The van der Waals surface area contributed by atoms with Crippen LogP contribution >= 0.6 is 0 Å². The topological polar surface area (TPSA) is 38.3 Å². The summed E-state index contributed by atoms with van der Waals surface area (Å²) in [6, 6.07) is 5.67. The number of hydrogen-bond acceptors (Lipinski definition) is 3. The largest absolute Gasteiger partial charge is 0.496 e. The third-order valence-electron chi connectivity index (χ3n) is 3.42. The van der Waals surface area contributed by atoms with Crippen LogP contribution < -0.4 is 10.1 Å². The highest BCUT2D eigenvalue weighted by Gasteiger charge is 2.24. The Morgan fingerprint density at radius 2 is 1.84 bits per heavy atom. The molecule has 3 heteroatoms. The highest BCUT2D eigenvalue weighted by atomic mass is 16.5. The average Bonchev–Trinajstić information content (AvgIpc) is 2.37. The van der Waals surface area contributed by atoms with Crippen molar-refractivity contribution in [2.24, 2.45) is 5.92 Å². The maximum atomic E-state index is 12.5. The van der Waals surface area contributed by atoms with Crippen LogP contribution in [0.5, 0.6) is 5.75 Å². The molecule has 0 aliphatic rings. The van der Waals surface area contributed by atoms with Crippen molar-refractivity contribution < 1.29 is 9.53 Å². The van der Waals surface area contributed by atoms with Crippen molar-refractivity contribution in [1.29, 1.82) is 0 Å². The second kappa shape index (κ2) is 6.71. The quantitative estimate of drug-likeness (QED) is 0.801. The van der Waals surface area contributed by atoms with Crippen LogP contribution in [0.3, 0.4) is 0 Å². The van der Waals surface area contributed by atoms with Gasteiger partial charge in [-0.1, -0.05) is 33.8 Å². The van der Waals surface area contributed by atoms with Gasteiger partial charge in [-0.05, 0) is 36.6 Å². The Morgan fingerprint density at radius 3 is 2.26 bits per heavy atom. The number of likely N-dealkylation sites (N-methyl/N-ethyl adjacent to an activating group) is 1. The van der Waals surface area contributed by atoms with Crippen molar-refractivity contribution in [3.63, 3.8) is 0 Å². The van der Waals surface area contributed by atoms with Gasteiger partial charge in [0.1, 0.15) is 5.75 Å². The fourth-order valence-corrected chi connectivity index (χ4v) is 2.21. The molecule has 106 valence electrons. The van der Waals surface area contributed by atoms with Crippen LogP contribution in [0.2, 0.25) is 0 Å². The minimum atomic E-state index is -0.182. The van der Waals surface area contributed by atoms with Gasteiger partial charge < -0.3 is 10.1 Å². The molecule has 1 aromatic carbocycles. The van der Waals surface area contributed by atoms with Gasteiger partial charge in [0.15, 0.2) is 5.78 Å². The minimum absolute atomic E-state index is 0.0876. The van der Waals surface area contributed by atoms with Gasteiger partial charge in [0.2, 0.25) is 0 Å². The van der Waals surface area contributed by atoms with Crippen LogP contribution in [-0.4, -0.2) is 26.0 Å². The van der Waals surface area contributed by atoms with E-state index in [0.717, 1.165) is 0 Å². The molecule has 1 unspecified atom stereocenters. The standard InChI is InChI=1S/C16H25NO2/c1-10(2)12-7-8-13(14(9-12)19-6)16(18)15(17-5)11(3)4/h7-11,15,17H,1-6H3. The summed E-state index contributed by atoms with van der Waals surface area (Å²) in [6.07, 6.45) is 0. The monoisotopic (exact) mass is 263 g/mol. The Bertz CT molecular complexity index is 438. The van der Waals surface area contributed by atoms with E-state index in [9.17, 15) is 4.79 Å². The van der Waals surface area contributed by atoms with Crippen LogP contribution in [0.4, 0.5) is 0 Å². The summed E-state index contributed by atoms with van der Waals surface area (Å²) in [5.41, 5.74) is 1.83. The molecule has 19 heavy (non-hydrogen) atoms. The van der Waals surface area contributed by atoms with Crippen molar-refractivity contribution in [1.82, 2.24) is 5.32 Å². The first kappa shape index (κ1) is 15.7. The molecule has 0 fully saturated rings. The first-order chi connectivity index (χ1) is 8.92. The number of rotatable bonds is 6. The number of nitrogens with one attached hydrogen (secondary N) is 1. The van der Waals surface area contributed by atoms with Gasteiger partial charge in [0, 0.05) is 0 Å². The van der Waals surface area contributed by atoms with E-state index in [1.54, 1.807) is 7.11 Å². The molecule has 0 bridgehead atoms. The van der Waals surface area contributed by atoms with Gasteiger partial charge in [0.25, 0.3) is 0 Å². The third-order valence-corrected chi connectivity index (χ3v) is 3.42. The molecule has 0 saturated heterocycles. The van der Waals surface area contributed by atoms with Crippen molar-refractivity contribution >= 4 is 5.78 Å². The summed E-state index contributed by atoms with van der Waals surface area (Å²) in [5.74, 6) is 1.41. The second-order valence-electron chi connectivity index (χ2n) is 5.49. The number of ether oxygens (including phenoxy) is 1. The molecular weight excluding hydrogens is 238 g/mol. The number of hydrogen-bond donors (Lipinski definition) is 1. The molecule has 0 spiro atoms. The third kappa shape index (κ3) is 3.57. The van der Waals surface area contributed by atoms with Crippen LogP contribution in [0.1, 0.15) is 49.5 Å². The summed E-state index contributed by atoms with van der Waals surface area (Å²) >= 11 is 0. The van der Waals surface area contributed by atoms with Crippen LogP contribution in [-0.2, 0) is 0 Å². The highest BCUT2D eigenvalue weighted by Crippen LogP contribution is 2.26. The average molecular weight is 263 g/mol. The molecule has 1 rings (SSSR count). The van der Waals surface area contributed by atoms with Crippen molar-refractivity contribution in [2.45, 2.75) is 39.7 Å². The van der Waals surface area contributed by atoms with E-state index < -0.39 is 0 Å². The molecule has 0 aliphatic carbocycles. The molecule has 0 radical (unpaired) electrons. The smallest absolute Gasteiger partial charge is 0.183 e. The van der Waals surface area contributed by atoms with Crippen molar-refractivity contribution in [3.8, 4) is 5.75 Å². The van der Waals surface area contributed by atoms with Crippen molar-refractivity contribution in [2.75, 3.05) is 14.2 Å². The predicted octanol–water partition coefficient (Wildman–Crippen LogP) is 3.25. The Kier molecular flexibility index (Phi) is 5.55. The van der Waals surface area contributed by atoms with E-state index in [1.165, 1.54) is 5.56 Å². The number of Topliss-reactive ketones (excluding diaryl/α,β-unsaturated/α-hetero) is 1. The number of carbonyl (C=O) groups is 1. The molecule has 0 saturated carbocycles. The van der Waals surface area contributed by atoms with E-state index in [1.807, 2.05) is 39.1 Å². The lowest BCUT2D eigenvalue weighted by Gasteiger charge is -2.20. The van der Waals surface area contributed by atoms with Crippen LogP contribution in [0.25, 0.3) is 0 Å². The summed E-state index contributed by atoms with van der Waals surface area (Å²) in [6.45, 7) is 8.32. The van der Waals surface area contributed by atoms with Gasteiger partial charge in [-0.3, -0.25) is 4.79 Å². The van der Waals surface area contributed by atoms with E-state index in [0.29, 0.717) is 17.2 Å². The Balaban J connectivity index is 3.16. The zero-order valence-electron chi connectivity index (χ0n) is 12.8. The summed E-state index contributed by atoms with van der Waals surface area (Å²) in [7, 11) is 3.43. The molecule has 0 heterocycles. The van der Waals surface area contributed by atoms with Gasteiger partial charge in [-0.25, -0.2) is 0 Å². The zero-order chi connectivity index (χ0) is 14.6.